The Morgan fingerprint density at radius 1 is 1.48 bits per heavy atom. The summed E-state index contributed by atoms with van der Waals surface area (Å²) in [5, 5.41) is 22.9. The molecule has 3 rings (SSSR count). The van der Waals surface area contributed by atoms with Crippen molar-refractivity contribution in [3.63, 3.8) is 0 Å². The van der Waals surface area contributed by atoms with Gasteiger partial charge in [-0.15, -0.1) is 0 Å². The van der Waals surface area contributed by atoms with Gasteiger partial charge in [0.05, 0.1) is 5.69 Å². The number of aromatic amines is 1. The summed E-state index contributed by atoms with van der Waals surface area (Å²) in [6, 6.07) is 4.88. The van der Waals surface area contributed by atoms with Crippen molar-refractivity contribution in [3.05, 3.63) is 34.2 Å². The fourth-order valence-corrected chi connectivity index (χ4v) is 2.78. The summed E-state index contributed by atoms with van der Waals surface area (Å²) in [6.45, 7) is 0. The molecule has 0 radical (unpaired) electrons. The fraction of sp³-hybridized carbons (Fsp3) is 0.429. The molecule has 0 bridgehead atoms. The van der Waals surface area contributed by atoms with Crippen LogP contribution in [-0.4, -0.2) is 37.3 Å². The Kier molecular flexibility index (Phi) is 4.00. The second-order valence-corrected chi connectivity index (χ2v) is 5.53. The highest BCUT2D eigenvalue weighted by Crippen LogP contribution is 2.35. The normalized spacial score (nSPS) is 20.4. The highest BCUT2D eigenvalue weighted by atomic mass is 16.7. The predicted molar refractivity (Wildman–Crippen MR) is 80.8 cm³/mol. The van der Waals surface area contributed by atoms with E-state index in [2.05, 4.69) is 20.6 Å². The zero-order valence-electron chi connectivity index (χ0n) is 12.5. The van der Waals surface area contributed by atoms with Gasteiger partial charge in [0.2, 0.25) is 0 Å². The number of hydrogen-bond acceptors (Lipinski definition) is 6. The number of anilines is 2. The summed E-state index contributed by atoms with van der Waals surface area (Å²) >= 11 is 0. The molecule has 122 valence electrons. The number of aryl methyl sites for hydroxylation is 1. The molecule has 1 aliphatic carbocycles. The van der Waals surface area contributed by atoms with Crippen LogP contribution < -0.4 is 10.9 Å². The van der Waals surface area contributed by atoms with Gasteiger partial charge in [0, 0.05) is 25.1 Å². The number of carbonyl (C=O) groups is 1. The summed E-state index contributed by atoms with van der Waals surface area (Å²) in [5.74, 6) is 1.36. The van der Waals surface area contributed by atoms with Crippen molar-refractivity contribution in [1.29, 1.82) is 0 Å². The molecule has 2 aromatic rings. The van der Waals surface area contributed by atoms with Crippen LogP contribution in [0, 0.1) is 0 Å². The fourth-order valence-electron chi connectivity index (χ4n) is 2.78. The zero-order chi connectivity index (χ0) is 16.4. The summed E-state index contributed by atoms with van der Waals surface area (Å²) in [4.78, 5) is 21.9. The molecule has 1 unspecified atom stereocenters. The molecule has 1 aliphatic rings. The highest BCUT2D eigenvalue weighted by Gasteiger charge is 2.30. The van der Waals surface area contributed by atoms with E-state index in [9.17, 15) is 9.59 Å². The maximum atomic E-state index is 11.3. The molecule has 9 heteroatoms. The van der Waals surface area contributed by atoms with Gasteiger partial charge in [-0.05, 0) is 25.3 Å². The van der Waals surface area contributed by atoms with Gasteiger partial charge in [-0.3, -0.25) is 9.89 Å². The number of H-pyrrole nitrogens is 1. The van der Waals surface area contributed by atoms with Crippen molar-refractivity contribution in [1.82, 2.24) is 20.0 Å². The molecule has 0 amide bonds. The van der Waals surface area contributed by atoms with E-state index >= 15 is 0 Å². The second-order valence-electron chi connectivity index (χ2n) is 5.53. The Hall–Kier alpha value is -2.84. The molecular formula is C14H17N5O4. The van der Waals surface area contributed by atoms with E-state index in [0.29, 0.717) is 24.5 Å². The third-order valence-corrected chi connectivity index (χ3v) is 3.89. The lowest BCUT2D eigenvalue weighted by molar-refractivity contribution is 0.0540. The predicted octanol–water partition coefficient (Wildman–Crippen LogP) is 1.58. The lowest BCUT2D eigenvalue weighted by atomic mass is 10.0. The Bertz CT molecular complexity index is 769. The third kappa shape index (κ3) is 3.50. The number of aromatic nitrogens is 4. The van der Waals surface area contributed by atoms with Gasteiger partial charge in [0.15, 0.2) is 5.82 Å². The van der Waals surface area contributed by atoms with Crippen LogP contribution in [-0.2, 0) is 11.8 Å². The first-order chi connectivity index (χ1) is 11.0. The van der Waals surface area contributed by atoms with Gasteiger partial charge >= 0.3 is 6.16 Å². The Morgan fingerprint density at radius 3 is 3.04 bits per heavy atom. The number of hydrogen-bond donors (Lipinski definition) is 3. The minimum Gasteiger partial charge on any atom is -0.450 e. The van der Waals surface area contributed by atoms with Crippen LogP contribution in [0.15, 0.2) is 23.0 Å². The van der Waals surface area contributed by atoms with Crippen LogP contribution in [0.5, 0.6) is 0 Å². The molecule has 9 nitrogen and oxygen atoms in total. The van der Waals surface area contributed by atoms with Crippen LogP contribution in [0.1, 0.15) is 30.9 Å². The molecule has 1 fully saturated rings. The first-order valence-corrected chi connectivity index (χ1v) is 7.27. The van der Waals surface area contributed by atoms with E-state index in [1.54, 1.807) is 13.1 Å². The van der Waals surface area contributed by atoms with Gasteiger partial charge in [0.1, 0.15) is 11.9 Å². The second kappa shape index (κ2) is 6.11. The lowest BCUT2D eigenvalue weighted by Crippen LogP contribution is -2.18. The van der Waals surface area contributed by atoms with Gasteiger partial charge in [0.25, 0.3) is 5.56 Å². The average Bonchev–Trinajstić information content (AvgIpc) is 3.11. The molecule has 0 aliphatic heterocycles. The average molecular weight is 319 g/mol. The van der Waals surface area contributed by atoms with Gasteiger partial charge in [-0.2, -0.15) is 10.2 Å². The molecule has 0 aromatic carbocycles. The molecule has 2 aromatic heterocycles. The molecule has 0 saturated heterocycles. The van der Waals surface area contributed by atoms with E-state index in [1.807, 2.05) is 6.07 Å². The first-order valence-electron chi connectivity index (χ1n) is 7.27. The Labute approximate surface area is 131 Å². The molecule has 23 heavy (non-hydrogen) atoms. The lowest BCUT2D eigenvalue weighted by Gasteiger charge is -2.08. The Morgan fingerprint density at radius 2 is 2.30 bits per heavy atom. The van der Waals surface area contributed by atoms with Crippen LogP contribution >= 0.6 is 0 Å². The monoisotopic (exact) mass is 319 g/mol. The molecule has 0 spiro atoms. The number of nitrogens with zero attached hydrogens (tertiary/aromatic N) is 3. The molecular weight excluding hydrogens is 302 g/mol. The molecule has 3 N–H and O–H groups in total. The largest absolute Gasteiger partial charge is 0.506 e. The van der Waals surface area contributed by atoms with Crippen molar-refractivity contribution >= 4 is 17.8 Å². The summed E-state index contributed by atoms with van der Waals surface area (Å²) in [7, 11) is 1.58. The molecule has 2 atom stereocenters. The maximum Gasteiger partial charge on any atom is 0.506 e. The van der Waals surface area contributed by atoms with Crippen molar-refractivity contribution < 1.29 is 14.6 Å². The van der Waals surface area contributed by atoms with Crippen molar-refractivity contribution in [3.8, 4) is 0 Å². The highest BCUT2D eigenvalue weighted by molar-refractivity contribution is 5.57. The number of nitrogens with one attached hydrogen (secondary N) is 2. The summed E-state index contributed by atoms with van der Waals surface area (Å²) in [6.07, 6.45) is 0.668. The van der Waals surface area contributed by atoms with Crippen molar-refractivity contribution in [2.75, 3.05) is 5.32 Å². The van der Waals surface area contributed by atoms with Crippen LogP contribution in [0.25, 0.3) is 0 Å². The molecule has 2 heterocycles. The van der Waals surface area contributed by atoms with Gasteiger partial charge in [-0.25, -0.2) is 9.48 Å². The SMILES string of the molecule is Cn1nc(Nc2cc(C3CC[C@H](OC(=O)O)C3)n[nH]2)ccc1=O. The van der Waals surface area contributed by atoms with E-state index in [4.69, 9.17) is 9.84 Å². The number of ether oxygens (including phenoxy) is 1. The standard InChI is InChI=1S/C14H17N5O4/c1-19-13(20)5-4-11(18-19)15-12-7-10(16-17-12)8-2-3-9(6-8)23-14(21)22/h4-5,7-9H,2-3,6H2,1H3,(H,21,22)(H2,15,16,17,18)/t8?,9-/m0/s1. The minimum absolute atomic E-state index is 0.166. The van der Waals surface area contributed by atoms with E-state index < -0.39 is 6.16 Å². The van der Waals surface area contributed by atoms with Gasteiger partial charge in [-0.1, -0.05) is 0 Å². The molecule has 1 saturated carbocycles. The third-order valence-electron chi connectivity index (χ3n) is 3.89. The van der Waals surface area contributed by atoms with E-state index in [0.717, 1.165) is 12.1 Å². The zero-order valence-corrected chi connectivity index (χ0v) is 12.5. The van der Waals surface area contributed by atoms with Crippen LogP contribution in [0.3, 0.4) is 0 Å². The first kappa shape index (κ1) is 15.1. The smallest absolute Gasteiger partial charge is 0.450 e. The summed E-state index contributed by atoms with van der Waals surface area (Å²) < 4.78 is 6.05. The van der Waals surface area contributed by atoms with Gasteiger partial charge < -0.3 is 15.2 Å². The van der Waals surface area contributed by atoms with Crippen molar-refractivity contribution in [2.45, 2.75) is 31.3 Å². The van der Waals surface area contributed by atoms with Crippen LogP contribution in [0.4, 0.5) is 16.4 Å². The summed E-state index contributed by atoms with van der Waals surface area (Å²) in [5.41, 5.74) is 0.671. The van der Waals surface area contributed by atoms with Crippen molar-refractivity contribution in [2.24, 2.45) is 7.05 Å². The maximum absolute atomic E-state index is 11.3. The van der Waals surface area contributed by atoms with E-state index in [1.165, 1.54) is 10.7 Å². The Balaban J connectivity index is 1.65. The quantitative estimate of drug-likeness (QED) is 0.731. The topological polar surface area (TPSA) is 122 Å². The van der Waals surface area contributed by atoms with E-state index in [-0.39, 0.29) is 17.6 Å². The van der Waals surface area contributed by atoms with Crippen LogP contribution in [0.2, 0.25) is 0 Å². The number of carboxylic acid groups (broad SMARTS) is 1. The number of rotatable bonds is 4. The minimum atomic E-state index is -1.24.